The van der Waals surface area contributed by atoms with Crippen LogP contribution in [0.4, 0.5) is 0 Å². The van der Waals surface area contributed by atoms with E-state index < -0.39 is 0 Å². The molecule has 2 rings (SSSR count). The number of rotatable bonds is 5. The van der Waals surface area contributed by atoms with Gasteiger partial charge in [-0.05, 0) is 31.0 Å². The standard InChI is InChI=1S/C15H19N3O/c1-11-5-6-15(19-2)13(8-11)14(18-16)9-12-4-3-7-17-10-12/h3-8,10,14,18H,9,16H2,1-2H3. The molecule has 1 heterocycles. The molecule has 0 fully saturated rings. The van der Waals surface area contributed by atoms with Crippen LogP contribution in [0, 0.1) is 6.92 Å². The Labute approximate surface area is 113 Å². The number of aryl methyl sites for hydroxylation is 1. The van der Waals surface area contributed by atoms with Crippen LogP contribution in [0.3, 0.4) is 0 Å². The average Bonchev–Trinajstić information content (AvgIpc) is 2.46. The summed E-state index contributed by atoms with van der Waals surface area (Å²) in [6.45, 7) is 2.06. The molecule has 1 unspecified atom stereocenters. The molecule has 0 aliphatic heterocycles. The van der Waals surface area contributed by atoms with Gasteiger partial charge in [-0.15, -0.1) is 0 Å². The van der Waals surface area contributed by atoms with Crippen molar-refractivity contribution in [3.05, 3.63) is 59.4 Å². The first kappa shape index (κ1) is 13.5. The lowest BCUT2D eigenvalue weighted by molar-refractivity contribution is 0.399. The summed E-state index contributed by atoms with van der Waals surface area (Å²) in [5, 5.41) is 0. The van der Waals surface area contributed by atoms with Crippen molar-refractivity contribution in [2.75, 3.05) is 7.11 Å². The van der Waals surface area contributed by atoms with Gasteiger partial charge in [0.15, 0.2) is 0 Å². The first-order valence-electron chi connectivity index (χ1n) is 6.24. The van der Waals surface area contributed by atoms with Crippen molar-refractivity contribution in [1.82, 2.24) is 10.4 Å². The summed E-state index contributed by atoms with van der Waals surface area (Å²) in [7, 11) is 1.67. The Balaban J connectivity index is 2.29. The fourth-order valence-corrected chi connectivity index (χ4v) is 2.14. The number of pyridine rings is 1. The largest absolute Gasteiger partial charge is 0.496 e. The Morgan fingerprint density at radius 3 is 2.84 bits per heavy atom. The molecule has 0 saturated carbocycles. The summed E-state index contributed by atoms with van der Waals surface area (Å²) >= 11 is 0. The zero-order valence-electron chi connectivity index (χ0n) is 11.3. The molecule has 100 valence electrons. The van der Waals surface area contributed by atoms with Crippen LogP contribution in [-0.2, 0) is 6.42 Å². The van der Waals surface area contributed by atoms with Gasteiger partial charge in [0.1, 0.15) is 5.75 Å². The van der Waals surface area contributed by atoms with Crippen molar-refractivity contribution < 1.29 is 4.74 Å². The number of aromatic nitrogens is 1. The van der Waals surface area contributed by atoms with Crippen LogP contribution in [-0.4, -0.2) is 12.1 Å². The number of benzene rings is 1. The zero-order valence-corrected chi connectivity index (χ0v) is 11.3. The second kappa shape index (κ2) is 6.31. The second-order valence-electron chi connectivity index (χ2n) is 4.53. The molecule has 2 aromatic rings. The van der Waals surface area contributed by atoms with E-state index in [0.717, 1.165) is 23.3 Å². The highest BCUT2D eigenvalue weighted by atomic mass is 16.5. The minimum Gasteiger partial charge on any atom is -0.496 e. The summed E-state index contributed by atoms with van der Waals surface area (Å²) in [6, 6.07) is 10.1. The summed E-state index contributed by atoms with van der Waals surface area (Å²) in [5.41, 5.74) is 6.24. The number of methoxy groups -OCH3 is 1. The Morgan fingerprint density at radius 2 is 2.21 bits per heavy atom. The molecule has 19 heavy (non-hydrogen) atoms. The van der Waals surface area contributed by atoms with Gasteiger partial charge in [0.05, 0.1) is 13.2 Å². The number of nitrogens with one attached hydrogen (secondary N) is 1. The summed E-state index contributed by atoms with van der Waals surface area (Å²) in [4.78, 5) is 4.13. The zero-order chi connectivity index (χ0) is 13.7. The third-order valence-corrected chi connectivity index (χ3v) is 3.12. The van der Waals surface area contributed by atoms with Crippen LogP contribution < -0.4 is 16.0 Å². The van der Waals surface area contributed by atoms with Crippen molar-refractivity contribution in [1.29, 1.82) is 0 Å². The molecular weight excluding hydrogens is 238 g/mol. The maximum atomic E-state index is 5.70. The first-order chi connectivity index (χ1) is 9.24. The molecule has 4 nitrogen and oxygen atoms in total. The molecule has 1 atom stereocenters. The lowest BCUT2D eigenvalue weighted by Gasteiger charge is -2.19. The highest BCUT2D eigenvalue weighted by Gasteiger charge is 2.15. The SMILES string of the molecule is COc1ccc(C)cc1C(Cc1cccnc1)NN. The normalized spacial score (nSPS) is 12.2. The molecule has 0 saturated heterocycles. The summed E-state index contributed by atoms with van der Waals surface area (Å²) in [5.74, 6) is 6.55. The lowest BCUT2D eigenvalue weighted by atomic mass is 9.98. The molecule has 4 heteroatoms. The number of hydrazine groups is 1. The third kappa shape index (κ3) is 3.30. The van der Waals surface area contributed by atoms with E-state index in [-0.39, 0.29) is 6.04 Å². The van der Waals surface area contributed by atoms with E-state index in [1.165, 1.54) is 5.56 Å². The van der Waals surface area contributed by atoms with E-state index in [0.29, 0.717) is 0 Å². The molecule has 0 radical (unpaired) electrons. The number of nitrogens with zero attached hydrogens (tertiary/aromatic N) is 1. The highest BCUT2D eigenvalue weighted by molar-refractivity contribution is 5.39. The van der Waals surface area contributed by atoms with Gasteiger partial charge in [0, 0.05) is 18.0 Å². The maximum Gasteiger partial charge on any atom is 0.123 e. The minimum atomic E-state index is -0.000880. The lowest BCUT2D eigenvalue weighted by Crippen LogP contribution is -2.30. The Hall–Kier alpha value is -1.91. The fourth-order valence-electron chi connectivity index (χ4n) is 2.14. The average molecular weight is 257 g/mol. The van der Waals surface area contributed by atoms with Gasteiger partial charge in [-0.1, -0.05) is 23.8 Å². The van der Waals surface area contributed by atoms with Gasteiger partial charge >= 0.3 is 0 Å². The van der Waals surface area contributed by atoms with E-state index in [1.54, 1.807) is 13.3 Å². The van der Waals surface area contributed by atoms with Gasteiger partial charge in [-0.25, -0.2) is 0 Å². The molecule has 0 aliphatic carbocycles. The number of hydrogen-bond acceptors (Lipinski definition) is 4. The summed E-state index contributed by atoms with van der Waals surface area (Å²) < 4.78 is 5.41. The van der Waals surface area contributed by atoms with Crippen molar-refractivity contribution in [2.24, 2.45) is 5.84 Å². The highest BCUT2D eigenvalue weighted by Crippen LogP contribution is 2.28. The Bertz CT molecular complexity index is 528. The molecule has 0 bridgehead atoms. The van der Waals surface area contributed by atoms with Crippen molar-refractivity contribution in [3.63, 3.8) is 0 Å². The van der Waals surface area contributed by atoms with E-state index in [9.17, 15) is 0 Å². The minimum absolute atomic E-state index is 0.000880. The second-order valence-corrected chi connectivity index (χ2v) is 4.53. The molecule has 3 N–H and O–H groups in total. The van der Waals surface area contributed by atoms with Gasteiger partial charge in [-0.3, -0.25) is 16.3 Å². The quantitative estimate of drug-likeness (QED) is 0.636. The third-order valence-electron chi connectivity index (χ3n) is 3.12. The molecule has 0 aliphatic rings. The van der Waals surface area contributed by atoms with Crippen LogP contribution in [0.2, 0.25) is 0 Å². The predicted molar refractivity (Wildman–Crippen MR) is 75.7 cm³/mol. The Kier molecular flexibility index (Phi) is 4.49. The molecular formula is C15H19N3O. The Morgan fingerprint density at radius 1 is 1.37 bits per heavy atom. The van der Waals surface area contributed by atoms with Crippen LogP contribution in [0.5, 0.6) is 5.75 Å². The van der Waals surface area contributed by atoms with Crippen LogP contribution in [0.15, 0.2) is 42.7 Å². The van der Waals surface area contributed by atoms with Crippen molar-refractivity contribution in [2.45, 2.75) is 19.4 Å². The number of nitrogens with two attached hydrogens (primary N) is 1. The number of hydrogen-bond donors (Lipinski definition) is 2. The topological polar surface area (TPSA) is 60.2 Å². The first-order valence-corrected chi connectivity index (χ1v) is 6.24. The number of ether oxygens (including phenoxy) is 1. The summed E-state index contributed by atoms with van der Waals surface area (Å²) in [6.07, 6.45) is 4.39. The van der Waals surface area contributed by atoms with Gasteiger partial charge in [-0.2, -0.15) is 0 Å². The van der Waals surface area contributed by atoms with Crippen molar-refractivity contribution in [3.8, 4) is 5.75 Å². The van der Waals surface area contributed by atoms with E-state index in [2.05, 4.69) is 23.4 Å². The van der Waals surface area contributed by atoms with Crippen LogP contribution >= 0.6 is 0 Å². The monoisotopic (exact) mass is 257 g/mol. The van der Waals surface area contributed by atoms with Gasteiger partial charge < -0.3 is 4.74 Å². The van der Waals surface area contributed by atoms with Gasteiger partial charge in [0.2, 0.25) is 0 Å². The van der Waals surface area contributed by atoms with Gasteiger partial charge in [0.25, 0.3) is 0 Å². The van der Waals surface area contributed by atoms with Crippen LogP contribution in [0.1, 0.15) is 22.7 Å². The van der Waals surface area contributed by atoms with E-state index in [1.807, 2.05) is 30.5 Å². The van der Waals surface area contributed by atoms with Crippen LogP contribution in [0.25, 0.3) is 0 Å². The maximum absolute atomic E-state index is 5.70. The van der Waals surface area contributed by atoms with Crippen molar-refractivity contribution >= 4 is 0 Å². The predicted octanol–water partition coefficient (Wildman–Crippen LogP) is 2.15. The van der Waals surface area contributed by atoms with E-state index in [4.69, 9.17) is 10.6 Å². The smallest absolute Gasteiger partial charge is 0.123 e. The molecule has 0 amide bonds. The fraction of sp³-hybridized carbons (Fsp3) is 0.267. The molecule has 0 spiro atoms. The molecule has 1 aromatic heterocycles. The molecule has 1 aromatic carbocycles. The van der Waals surface area contributed by atoms with E-state index >= 15 is 0 Å².